The van der Waals surface area contributed by atoms with Gasteiger partial charge >= 0.3 is 0 Å². The fourth-order valence-electron chi connectivity index (χ4n) is 1.91. The molecule has 0 radical (unpaired) electrons. The van der Waals surface area contributed by atoms with Crippen molar-refractivity contribution < 1.29 is 17.6 Å². The molecule has 0 aromatic carbocycles. The van der Waals surface area contributed by atoms with Gasteiger partial charge in [0.25, 0.3) is 0 Å². The third-order valence-corrected chi connectivity index (χ3v) is 4.74. The number of aryl methyl sites for hydroxylation is 1. The Balaban J connectivity index is 1.94. The van der Waals surface area contributed by atoms with E-state index in [1.54, 1.807) is 20.1 Å². The fourth-order valence-corrected chi connectivity index (χ4v) is 3.19. The van der Waals surface area contributed by atoms with E-state index in [0.29, 0.717) is 43.7 Å². The molecule has 2 N–H and O–H groups in total. The second kappa shape index (κ2) is 6.71. The number of nitrogens with one attached hydrogen (secondary N) is 2. The predicted octanol–water partition coefficient (Wildman–Crippen LogP) is 1.15. The minimum absolute atomic E-state index is 0.225. The molecule has 7 heteroatoms. The average molecular weight is 302 g/mol. The zero-order valence-corrected chi connectivity index (χ0v) is 12.8. The number of hydrogen-bond acceptors (Lipinski definition) is 5. The van der Waals surface area contributed by atoms with Gasteiger partial charge in [-0.2, -0.15) is 0 Å². The number of sulfonamides is 1. The molecule has 1 saturated carbocycles. The highest BCUT2D eigenvalue weighted by Gasteiger charge is 2.23. The summed E-state index contributed by atoms with van der Waals surface area (Å²) in [6, 6.07) is 2.16. The van der Waals surface area contributed by atoms with Crippen LogP contribution in [-0.2, 0) is 21.3 Å². The van der Waals surface area contributed by atoms with Crippen LogP contribution in [0.25, 0.3) is 0 Å². The molecule has 2 rings (SSSR count). The monoisotopic (exact) mass is 302 g/mol. The summed E-state index contributed by atoms with van der Waals surface area (Å²) in [6.07, 6.45) is 3.01. The standard InChI is InChI=1S/C13H22N2O4S/c1-10-13(20(16,17)15-6-3-7-18-2)8-12(19-10)9-14-11-4-5-11/h8,11,14-15H,3-7,9H2,1-2H3. The minimum atomic E-state index is -3.50. The van der Waals surface area contributed by atoms with Gasteiger partial charge in [0.15, 0.2) is 0 Å². The van der Waals surface area contributed by atoms with Crippen molar-refractivity contribution in [2.45, 2.75) is 43.7 Å². The number of hydrogen-bond donors (Lipinski definition) is 2. The highest BCUT2D eigenvalue weighted by Crippen LogP contribution is 2.22. The number of methoxy groups -OCH3 is 1. The van der Waals surface area contributed by atoms with E-state index in [-0.39, 0.29) is 4.90 Å². The molecule has 20 heavy (non-hydrogen) atoms. The van der Waals surface area contributed by atoms with Crippen molar-refractivity contribution in [3.05, 3.63) is 17.6 Å². The van der Waals surface area contributed by atoms with Crippen molar-refractivity contribution in [1.82, 2.24) is 10.0 Å². The Morgan fingerprint density at radius 2 is 2.20 bits per heavy atom. The van der Waals surface area contributed by atoms with E-state index < -0.39 is 10.0 Å². The maximum atomic E-state index is 12.1. The zero-order valence-electron chi connectivity index (χ0n) is 11.9. The Kier molecular flexibility index (Phi) is 5.20. The molecule has 114 valence electrons. The van der Waals surface area contributed by atoms with Gasteiger partial charge in [0.2, 0.25) is 10.0 Å². The number of rotatable bonds is 9. The third-order valence-electron chi connectivity index (χ3n) is 3.17. The molecule has 0 spiro atoms. The largest absolute Gasteiger partial charge is 0.464 e. The summed E-state index contributed by atoms with van der Waals surface area (Å²) in [5.41, 5.74) is 0. The van der Waals surface area contributed by atoms with Crippen molar-refractivity contribution in [3.63, 3.8) is 0 Å². The molecule has 0 atom stereocenters. The molecule has 6 nitrogen and oxygen atoms in total. The molecule has 0 aliphatic heterocycles. The summed E-state index contributed by atoms with van der Waals surface area (Å²) >= 11 is 0. The molecule has 0 saturated heterocycles. The van der Waals surface area contributed by atoms with Gasteiger partial charge in [-0.3, -0.25) is 0 Å². The Morgan fingerprint density at radius 3 is 2.85 bits per heavy atom. The number of ether oxygens (including phenoxy) is 1. The first-order valence-electron chi connectivity index (χ1n) is 6.84. The summed E-state index contributed by atoms with van der Waals surface area (Å²) in [7, 11) is -1.91. The lowest BCUT2D eigenvalue weighted by Gasteiger charge is -2.04. The zero-order chi connectivity index (χ0) is 14.6. The lowest BCUT2D eigenvalue weighted by atomic mass is 10.4. The van der Waals surface area contributed by atoms with Crippen LogP contribution in [0.5, 0.6) is 0 Å². The minimum Gasteiger partial charge on any atom is -0.464 e. The van der Waals surface area contributed by atoms with Crippen LogP contribution in [0.2, 0.25) is 0 Å². The van der Waals surface area contributed by atoms with E-state index in [1.165, 1.54) is 12.8 Å². The summed E-state index contributed by atoms with van der Waals surface area (Å²) in [6.45, 7) is 3.13. The predicted molar refractivity (Wildman–Crippen MR) is 75.0 cm³/mol. The van der Waals surface area contributed by atoms with Gasteiger partial charge < -0.3 is 14.5 Å². The van der Waals surface area contributed by atoms with E-state index in [2.05, 4.69) is 10.0 Å². The highest BCUT2D eigenvalue weighted by molar-refractivity contribution is 7.89. The van der Waals surface area contributed by atoms with Gasteiger partial charge in [0.05, 0.1) is 6.54 Å². The van der Waals surface area contributed by atoms with Crippen molar-refractivity contribution in [3.8, 4) is 0 Å². The summed E-state index contributed by atoms with van der Waals surface area (Å²) in [5.74, 6) is 1.09. The van der Waals surface area contributed by atoms with E-state index in [1.807, 2.05) is 0 Å². The van der Waals surface area contributed by atoms with Crippen LogP contribution in [-0.4, -0.2) is 34.7 Å². The van der Waals surface area contributed by atoms with Gasteiger partial charge in [-0.25, -0.2) is 13.1 Å². The quantitative estimate of drug-likeness (QED) is 0.669. The number of furan rings is 1. The average Bonchev–Trinajstić information content (AvgIpc) is 3.15. The molecule has 0 amide bonds. The lowest BCUT2D eigenvalue weighted by Crippen LogP contribution is -2.25. The Labute approximate surface area is 119 Å². The molecule has 0 unspecified atom stereocenters. The van der Waals surface area contributed by atoms with Gasteiger partial charge in [0.1, 0.15) is 16.4 Å². The van der Waals surface area contributed by atoms with Gasteiger partial charge in [-0.05, 0) is 26.2 Å². The first-order chi connectivity index (χ1) is 9.53. The van der Waals surface area contributed by atoms with E-state index in [0.717, 1.165) is 0 Å². The first kappa shape index (κ1) is 15.5. The van der Waals surface area contributed by atoms with Crippen LogP contribution in [0.1, 0.15) is 30.8 Å². The van der Waals surface area contributed by atoms with Crippen molar-refractivity contribution in [1.29, 1.82) is 0 Å². The first-order valence-corrected chi connectivity index (χ1v) is 8.32. The SMILES string of the molecule is COCCCNS(=O)(=O)c1cc(CNC2CC2)oc1C. The maximum absolute atomic E-state index is 12.1. The van der Waals surface area contributed by atoms with Crippen LogP contribution in [0.15, 0.2) is 15.4 Å². The fraction of sp³-hybridized carbons (Fsp3) is 0.692. The topological polar surface area (TPSA) is 80.6 Å². The van der Waals surface area contributed by atoms with Gasteiger partial charge in [-0.1, -0.05) is 0 Å². The highest BCUT2D eigenvalue weighted by atomic mass is 32.2. The van der Waals surface area contributed by atoms with Crippen molar-refractivity contribution in [2.75, 3.05) is 20.3 Å². The molecule has 0 bridgehead atoms. The van der Waals surface area contributed by atoms with Gasteiger partial charge in [-0.15, -0.1) is 0 Å². The molecule has 1 heterocycles. The van der Waals surface area contributed by atoms with Crippen LogP contribution in [0.4, 0.5) is 0 Å². The second-order valence-electron chi connectivity index (χ2n) is 5.03. The molecule has 1 aliphatic rings. The summed E-state index contributed by atoms with van der Waals surface area (Å²) in [5, 5.41) is 3.30. The molecular weight excluding hydrogens is 280 g/mol. The van der Waals surface area contributed by atoms with Crippen molar-refractivity contribution >= 4 is 10.0 Å². The Hall–Kier alpha value is -0.890. The summed E-state index contributed by atoms with van der Waals surface area (Å²) in [4.78, 5) is 0.225. The molecule has 1 aromatic rings. The van der Waals surface area contributed by atoms with Crippen LogP contribution in [0, 0.1) is 6.92 Å². The van der Waals surface area contributed by atoms with Crippen LogP contribution < -0.4 is 10.0 Å². The maximum Gasteiger partial charge on any atom is 0.244 e. The van der Waals surface area contributed by atoms with Crippen LogP contribution >= 0.6 is 0 Å². The third kappa shape index (κ3) is 4.31. The van der Waals surface area contributed by atoms with E-state index >= 15 is 0 Å². The van der Waals surface area contributed by atoms with Crippen molar-refractivity contribution in [2.24, 2.45) is 0 Å². The van der Waals surface area contributed by atoms with E-state index in [9.17, 15) is 8.42 Å². The van der Waals surface area contributed by atoms with Gasteiger partial charge in [0, 0.05) is 32.4 Å². The molecule has 1 aromatic heterocycles. The molecule has 1 aliphatic carbocycles. The Morgan fingerprint density at radius 1 is 1.45 bits per heavy atom. The Bertz CT molecular complexity index is 535. The van der Waals surface area contributed by atoms with E-state index in [4.69, 9.17) is 9.15 Å². The molecule has 1 fully saturated rings. The molecular formula is C13H22N2O4S. The lowest BCUT2D eigenvalue weighted by molar-refractivity contribution is 0.196. The summed E-state index contributed by atoms with van der Waals surface area (Å²) < 4.78 is 37.2. The second-order valence-corrected chi connectivity index (χ2v) is 6.77. The van der Waals surface area contributed by atoms with Crippen LogP contribution in [0.3, 0.4) is 0 Å². The smallest absolute Gasteiger partial charge is 0.244 e. The normalized spacial score (nSPS) is 15.7.